The molecule has 3 heteroatoms. The first-order valence-corrected chi connectivity index (χ1v) is 6.67. The Labute approximate surface area is 109 Å². The van der Waals surface area contributed by atoms with Gasteiger partial charge in [0.05, 0.1) is 6.10 Å². The molecule has 3 atom stereocenters. The van der Waals surface area contributed by atoms with Gasteiger partial charge in [0.15, 0.2) is 0 Å². The first-order valence-electron chi connectivity index (χ1n) is 6.67. The van der Waals surface area contributed by atoms with E-state index in [-0.39, 0.29) is 6.10 Å². The molecule has 0 heterocycles. The van der Waals surface area contributed by atoms with Crippen molar-refractivity contribution in [1.82, 2.24) is 0 Å². The van der Waals surface area contributed by atoms with E-state index in [1.807, 2.05) is 6.08 Å². The summed E-state index contributed by atoms with van der Waals surface area (Å²) >= 11 is 0. The number of aliphatic hydroxyl groups is 1. The molecule has 0 radical (unpaired) electrons. The minimum absolute atomic E-state index is 0.312. The lowest BCUT2D eigenvalue weighted by atomic mass is 9.78. The monoisotopic (exact) mass is 252 g/mol. The van der Waals surface area contributed by atoms with Crippen LogP contribution in [0.15, 0.2) is 23.3 Å². The molecule has 0 aliphatic heterocycles. The Morgan fingerprint density at radius 1 is 1.61 bits per heavy atom. The van der Waals surface area contributed by atoms with Crippen LogP contribution in [0.4, 0.5) is 0 Å². The Bertz CT molecular complexity index is 355. The molecule has 2 N–H and O–H groups in total. The zero-order chi connectivity index (χ0) is 13.7. The van der Waals surface area contributed by atoms with Crippen LogP contribution in [0, 0.1) is 11.8 Å². The van der Waals surface area contributed by atoms with Gasteiger partial charge in [0.25, 0.3) is 0 Å². The molecule has 1 aliphatic carbocycles. The van der Waals surface area contributed by atoms with Crippen molar-refractivity contribution in [2.75, 3.05) is 0 Å². The first-order chi connectivity index (χ1) is 8.41. The molecule has 0 bridgehead atoms. The highest BCUT2D eigenvalue weighted by molar-refractivity contribution is 5.85. The van der Waals surface area contributed by atoms with Gasteiger partial charge in [0, 0.05) is 5.57 Å². The number of rotatable bonds is 5. The van der Waals surface area contributed by atoms with E-state index in [0.29, 0.717) is 17.4 Å². The molecule has 0 amide bonds. The lowest BCUT2D eigenvalue weighted by Gasteiger charge is -2.30. The number of carboxylic acids is 1. The van der Waals surface area contributed by atoms with Crippen LogP contribution in [0.5, 0.6) is 0 Å². The number of hydrogen-bond acceptors (Lipinski definition) is 2. The Morgan fingerprint density at radius 3 is 2.83 bits per heavy atom. The van der Waals surface area contributed by atoms with Gasteiger partial charge in [0.2, 0.25) is 0 Å². The third kappa shape index (κ3) is 4.30. The molecule has 0 aromatic rings. The predicted octanol–water partition coefficient (Wildman–Crippen LogP) is 3.15. The molecule has 1 aliphatic rings. The summed E-state index contributed by atoms with van der Waals surface area (Å²) in [5, 5.41) is 18.8. The van der Waals surface area contributed by atoms with Gasteiger partial charge in [-0.25, -0.2) is 4.79 Å². The first kappa shape index (κ1) is 15.0. The summed E-state index contributed by atoms with van der Waals surface area (Å²) in [5.74, 6) is -0.117. The molecular formula is C15H24O3. The van der Waals surface area contributed by atoms with E-state index in [9.17, 15) is 9.90 Å². The van der Waals surface area contributed by atoms with E-state index in [1.54, 1.807) is 13.0 Å². The lowest BCUT2D eigenvalue weighted by Crippen LogP contribution is -2.28. The van der Waals surface area contributed by atoms with Crippen LogP contribution in [0.3, 0.4) is 0 Å². The van der Waals surface area contributed by atoms with Crippen LogP contribution in [0.25, 0.3) is 0 Å². The number of aliphatic carboxylic acids is 1. The molecule has 0 spiro atoms. The number of hydrogen-bond donors (Lipinski definition) is 2. The van der Waals surface area contributed by atoms with Crippen LogP contribution < -0.4 is 0 Å². The fourth-order valence-corrected chi connectivity index (χ4v) is 2.55. The Morgan fingerprint density at radius 2 is 2.28 bits per heavy atom. The molecule has 3 unspecified atom stereocenters. The molecule has 0 aromatic carbocycles. The van der Waals surface area contributed by atoms with E-state index < -0.39 is 5.97 Å². The SMILES string of the molecule is CC1=CC(O)C(C(C)CCC=C(C)C(=O)O)CC1. The maximum atomic E-state index is 10.6. The van der Waals surface area contributed by atoms with Crippen LogP contribution in [0.2, 0.25) is 0 Å². The van der Waals surface area contributed by atoms with Crippen LogP contribution >= 0.6 is 0 Å². The van der Waals surface area contributed by atoms with Crippen molar-refractivity contribution in [3.63, 3.8) is 0 Å². The van der Waals surface area contributed by atoms with Crippen molar-refractivity contribution >= 4 is 5.97 Å². The van der Waals surface area contributed by atoms with Crippen molar-refractivity contribution in [2.24, 2.45) is 11.8 Å². The standard InChI is InChI=1S/C15H24O3/c1-10-7-8-13(14(16)9-10)11(2)5-4-6-12(3)15(17)18/h6,9,11,13-14,16H,4-5,7-8H2,1-3H3,(H,17,18). The van der Waals surface area contributed by atoms with Crippen LogP contribution in [-0.2, 0) is 4.79 Å². The molecule has 0 aromatic heterocycles. The molecule has 1 rings (SSSR count). The van der Waals surface area contributed by atoms with Gasteiger partial charge in [-0.1, -0.05) is 24.6 Å². The minimum Gasteiger partial charge on any atom is -0.478 e. The maximum absolute atomic E-state index is 10.6. The van der Waals surface area contributed by atoms with E-state index in [2.05, 4.69) is 13.8 Å². The minimum atomic E-state index is -0.848. The highest BCUT2D eigenvalue weighted by Crippen LogP contribution is 2.31. The number of carbonyl (C=O) groups is 1. The Kier molecular flexibility index (Phi) is 5.60. The van der Waals surface area contributed by atoms with Gasteiger partial charge in [-0.05, 0) is 51.4 Å². The van der Waals surface area contributed by atoms with E-state index >= 15 is 0 Å². The lowest BCUT2D eigenvalue weighted by molar-refractivity contribution is -0.132. The number of carboxylic acid groups (broad SMARTS) is 1. The van der Waals surface area contributed by atoms with Gasteiger partial charge in [-0.15, -0.1) is 0 Å². The summed E-state index contributed by atoms with van der Waals surface area (Å²) in [5.41, 5.74) is 1.68. The second kappa shape index (κ2) is 6.74. The fraction of sp³-hybridized carbons (Fsp3) is 0.667. The third-order valence-electron chi connectivity index (χ3n) is 3.91. The van der Waals surface area contributed by atoms with Crippen molar-refractivity contribution in [3.05, 3.63) is 23.3 Å². The topological polar surface area (TPSA) is 57.5 Å². The predicted molar refractivity (Wildman–Crippen MR) is 72.3 cm³/mol. The summed E-state index contributed by atoms with van der Waals surface area (Å²) < 4.78 is 0. The van der Waals surface area contributed by atoms with Gasteiger partial charge in [-0.3, -0.25) is 0 Å². The molecular weight excluding hydrogens is 228 g/mol. The third-order valence-corrected chi connectivity index (χ3v) is 3.91. The second-order valence-corrected chi connectivity index (χ2v) is 5.45. The van der Waals surface area contributed by atoms with E-state index in [1.165, 1.54) is 5.57 Å². The summed E-state index contributed by atoms with van der Waals surface area (Å²) in [6.45, 7) is 5.82. The fourth-order valence-electron chi connectivity index (χ4n) is 2.55. The summed E-state index contributed by atoms with van der Waals surface area (Å²) in [4.78, 5) is 10.6. The number of allylic oxidation sites excluding steroid dienone is 2. The largest absolute Gasteiger partial charge is 0.478 e. The van der Waals surface area contributed by atoms with Gasteiger partial charge < -0.3 is 10.2 Å². The Hall–Kier alpha value is -1.09. The average molecular weight is 252 g/mol. The summed E-state index contributed by atoms with van der Waals surface area (Å²) in [7, 11) is 0. The van der Waals surface area contributed by atoms with Crippen LogP contribution in [-0.4, -0.2) is 22.3 Å². The van der Waals surface area contributed by atoms with Gasteiger partial charge in [0.1, 0.15) is 0 Å². The second-order valence-electron chi connectivity index (χ2n) is 5.45. The molecule has 0 fully saturated rings. The normalized spacial score (nSPS) is 26.7. The summed E-state index contributed by atoms with van der Waals surface area (Å²) in [6, 6.07) is 0. The maximum Gasteiger partial charge on any atom is 0.330 e. The molecule has 3 nitrogen and oxygen atoms in total. The molecule has 0 saturated carbocycles. The zero-order valence-electron chi connectivity index (χ0n) is 11.5. The van der Waals surface area contributed by atoms with Crippen LogP contribution in [0.1, 0.15) is 46.5 Å². The van der Waals surface area contributed by atoms with Crippen molar-refractivity contribution in [3.8, 4) is 0 Å². The molecule has 18 heavy (non-hydrogen) atoms. The highest BCUT2D eigenvalue weighted by Gasteiger charge is 2.26. The average Bonchev–Trinajstić information content (AvgIpc) is 2.28. The quantitative estimate of drug-likeness (QED) is 0.583. The Balaban J connectivity index is 2.44. The highest BCUT2D eigenvalue weighted by atomic mass is 16.4. The number of aliphatic hydroxyl groups excluding tert-OH is 1. The van der Waals surface area contributed by atoms with Crippen molar-refractivity contribution in [1.29, 1.82) is 0 Å². The van der Waals surface area contributed by atoms with Gasteiger partial charge >= 0.3 is 5.97 Å². The van der Waals surface area contributed by atoms with Gasteiger partial charge in [-0.2, -0.15) is 0 Å². The molecule has 0 saturated heterocycles. The smallest absolute Gasteiger partial charge is 0.330 e. The van der Waals surface area contributed by atoms with E-state index in [0.717, 1.165) is 25.7 Å². The molecule has 102 valence electrons. The summed E-state index contributed by atoms with van der Waals surface area (Å²) in [6.07, 6.45) is 7.20. The van der Waals surface area contributed by atoms with Crippen molar-refractivity contribution in [2.45, 2.75) is 52.6 Å². The zero-order valence-corrected chi connectivity index (χ0v) is 11.5. The van der Waals surface area contributed by atoms with Crippen molar-refractivity contribution < 1.29 is 15.0 Å². The van der Waals surface area contributed by atoms with E-state index in [4.69, 9.17) is 5.11 Å².